The van der Waals surface area contributed by atoms with E-state index < -0.39 is 0 Å². The van der Waals surface area contributed by atoms with E-state index in [1.54, 1.807) is 11.3 Å². The van der Waals surface area contributed by atoms with Gasteiger partial charge in [0.25, 0.3) is 0 Å². The molecule has 0 radical (unpaired) electrons. The van der Waals surface area contributed by atoms with Crippen LogP contribution in [0.15, 0.2) is 41.8 Å². The van der Waals surface area contributed by atoms with Gasteiger partial charge < -0.3 is 10.2 Å². The third-order valence-electron chi connectivity index (χ3n) is 4.57. The van der Waals surface area contributed by atoms with Crippen molar-refractivity contribution in [1.82, 2.24) is 10.2 Å². The number of carbonyl (C=O) groups excluding carboxylic acids is 1. The molecule has 1 amide bonds. The van der Waals surface area contributed by atoms with Crippen LogP contribution >= 0.6 is 11.3 Å². The summed E-state index contributed by atoms with van der Waals surface area (Å²) in [6.07, 6.45) is 1.72. The number of benzene rings is 1. The van der Waals surface area contributed by atoms with Crippen LogP contribution < -0.4 is 5.32 Å². The summed E-state index contributed by atoms with van der Waals surface area (Å²) in [6.45, 7) is 6.11. The summed E-state index contributed by atoms with van der Waals surface area (Å²) in [6, 6.07) is 12.7. The van der Waals surface area contributed by atoms with E-state index in [1.807, 2.05) is 17.5 Å². The van der Waals surface area contributed by atoms with Crippen LogP contribution in [-0.4, -0.2) is 37.0 Å². The number of hydrogen-bond donors (Lipinski definition) is 1. The predicted molar refractivity (Wildman–Crippen MR) is 96.0 cm³/mol. The summed E-state index contributed by atoms with van der Waals surface area (Å²) >= 11 is 1.64. The number of aryl methyl sites for hydroxylation is 1. The highest BCUT2D eigenvalue weighted by Crippen LogP contribution is 2.28. The van der Waals surface area contributed by atoms with Crippen molar-refractivity contribution in [2.45, 2.75) is 25.7 Å². The Balaban J connectivity index is 1.40. The van der Waals surface area contributed by atoms with Gasteiger partial charge in [0.1, 0.15) is 0 Å². The molecule has 1 atom stereocenters. The molecule has 1 N–H and O–H groups in total. The molecule has 1 aliphatic heterocycles. The number of amides is 1. The van der Waals surface area contributed by atoms with Crippen LogP contribution in [0, 0.1) is 6.92 Å². The van der Waals surface area contributed by atoms with Crippen molar-refractivity contribution in [2.24, 2.45) is 0 Å². The van der Waals surface area contributed by atoms with E-state index in [9.17, 15) is 4.79 Å². The van der Waals surface area contributed by atoms with Gasteiger partial charge >= 0.3 is 0 Å². The predicted octanol–water partition coefficient (Wildman–Crippen LogP) is 3.20. The van der Waals surface area contributed by atoms with Crippen molar-refractivity contribution < 1.29 is 4.79 Å². The Hall–Kier alpha value is -1.65. The zero-order valence-corrected chi connectivity index (χ0v) is 14.4. The molecule has 3 nitrogen and oxygen atoms in total. The largest absolute Gasteiger partial charge is 0.355 e. The number of likely N-dealkylation sites (tertiary alicyclic amines) is 1. The van der Waals surface area contributed by atoms with Crippen molar-refractivity contribution in [2.75, 3.05) is 26.2 Å². The van der Waals surface area contributed by atoms with Gasteiger partial charge in [-0.1, -0.05) is 30.3 Å². The third kappa shape index (κ3) is 4.43. The molecule has 1 aliphatic rings. The van der Waals surface area contributed by atoms with Gasteiger partial charge in [-0.2, -0.15) is 0 Å². The molecule has 1 aromatic carbocycles. The normalized spacial score (nSPS) is 18.2. The van der Waals surface area contributed by atoms with Gasteiger partial charge in [0, 0.05) is 24.5 Å². The second-order valence-electron chi connectivity index (χ2n) is 6.25. The highest BCUT2D eigenvalue weighted by atomic mass is 32.1. The minimum atomic E-state index is 0.127. The van der Waals surface area contributed by atoms with E-state index in [0.29, 0.717) is 12.3 Å². The zero-order valence-electron chi connectivity index (χ0n) is 13.6. The fourth-order valence-corrected chi connectivity index (χ4v) is 4.03. The average Bonchev–Trinajstić information content (AvgIpc) is 3.20. The topological polar surface area (TPSA) is 32.3 Å². The van der Waals surface area contributed by atoms with Crippen LogP contribution in [0.3, 0.4) is 0 Å². The first-order chi connectivity index (χ1) is 11.2. The van der Waals surface area contributed by atoms with Gasteiger partial charge in [-0.25, -0.2) is 0 Å². The van der Waals surface area contributed by atoms with Crippen LogP contribution in [0.4, 0.5) is 0 Å². The summed E-state index contributed by atoms with van der Waals surface area (Å²) in [5, 5.41) is 5.05. The summed E-state index contributed by atoms with van der Waals surface area (Å²) in [4.78, 5) is 15.5. The molecule has 1 aromatic heterocycles. The Labute approximate surface area is 142 Å². The molecule has 3 rings (SSSR count). The third-order valence-corrected chi connectivity index (χ3v) is 5.44. The number of rotatable bonds is 6. The van der Waals surface area contributed by atoms with E-state index in [2.05, 4.69) is 41.4 Å². The van der Waals surface area contributed by atoms with Gasteiger partial charge in [-0.15, -0.1) is 11.3 Å². The monoisotopic (exact) mass is 328 g/mol. The quantitative estimate of drug-likeness (QED) is 0.883. The maximum absolute atomic E-state index is 11.9. The molecule has 1 fully saturated rings. The second kappa shape index (κ2) is 7.75. The Bertz CT molecular complexity index is 639. The molecular formula is C19H24N2OS. The molecule has 1 saturated heterocycles. The molecule has 0 bridgehead atoms. The fraction of sp³-hybridized carbons (Fsp3) is 0.421. The van der Waals surface area contributed by atoms with Crippen LogP contribution in [0.5, 0.6) is 0 Å². The molecular weight excluding hydrogens is 304 g/mol. The molecule has 2 heterocycles. The molecule has 23 heavy (non-hydrogen) atoms. The Morgan fingerprint density at radius 1 is 1.30 bits per heavy atom. The molecule has 122 valence electrons. The van der Waals surface area contributed by atoms with Crippen LogP contribution in [0.1, 0.15) is 28.3 Å². The lowest BCUT2D eigenvalue weighted by atomic mass is 9.94. The second-order valence-corrected chi connectivity index (χ2v) is 7.28. The van der Waals surface area contributed by atoms with Crippen LogP contribution in [-0.2, 0) is 11.2 Å². The first kappa shape index (κ1) is 16.2. The van der Waals surface area contributed by atoms with Gasteiger partial charge in [-0.3, -0.25) is 4.79 Å². The van der Waals surface area contributed by atoms with Gasteiger partial charge in [-0.05, 0) is 48.4 Å². The zero-order chi connectivity index (χ0) is 16.1. The summed E-state index contributed by atoms with van der Waals surface area (Å²) in [7, 11) is 0. The molecule has 4 heteroatoms. The summed E-state index contributed by atoms with van der Waals surface area (Å²) in [5.74, 6) is 0.764. The van der Waals surface area contributed by atoms with E-state index in [0.717, 1.165) is 31.1 Å². The number of carbonyl (C=O) groups is 1. The number of nitrogens with one attached hydrogen (secondary N) is 1. The Kier molecular flexibility index (Phi) is 5.47. The fourth-order valence-electron chi connectivity index (χ4n) is 3.32. The van der Waals surface area contributed by atoms with Crippen molar-refractivity contribution in [3.63, 3.8) is 0 Å². The minimum Gasteiger partial charge on any atom is -0.355 e. The first-order valence-corrected chi connectivity index (χ1v) is 9.17. The van der Waals surface area contributed by atoms with Crippen molar-refractivity contribution in [3.8, 4) is 0 Å². The Morgan fingerprint density at radius 2 is 2.17 bits per heavy atom. The summed E-state index contributed by atoms with van der Waals surface area (Å²) < 4.78 is 0. The molecule has 1 unspecified atom stereocenters. The van der Waals surface area contributed by atoms with E-state index in [1.165, 1.54) is 17.5 Å². The maximum Gasteiger partial charge on any atom is 0.225 e. The van der Waals surface area contributed by atoms with E-state index in [4.69, 9.17) is 0 Å². The van der Waals surface area contributed by atoms with E-state index in [-0.39, 0.29) is 5.91 Å². The Morgan fingerprint density at radius 3 is 2.96 bits per heavy atom. The van der Waals surface area contributed by atoms with Gasteiger partial charge in [0.05, 0.1) is 6.42 Å². The molecule has 0 spiro atoms. The van der Waals surface area contributed by atoms with Crippen molar-refractivity contribution in [3.05, 3.63) is 57.8 Å². The number of thiophene rings is 1. The molecule has 0 aliphatic carbocycles. The first-order valence-electron chi connectivity index (χ1n) is 8.29. The average molecular weight is 328 g/mol. The van der Waals surface area contributed by atoms with Gasteiger partial charge in [0.15, 0.2) is 0 Å². The number of hydrogen-bond acceptors (Lipinski definition) is 3. The standard InChI is InChI=1S/C19H24N2OS/c1-15-5-2-3-7-18(15)16-8-10-21(14-16)11-9-20-19(22)13-17-6-4-12-23-17/h2-7,12,16H,8-11,13-14H2,1H3,(H,20,22). The van der Waals surface area contributed by atoms with Gasteiger partial charge in [0.2, 0.25) is 5.91 Å². The smallest absolute Gasteiger partial charge is 0.225 e. The summed E-state index contributed by atoms with van der Waals surface area (Å²) in [5.41, 5.74) is 2.88. The minimum absolute atomic E-state index is 0.127. The molecule has 2 aromatic rings. The maximum atomic E-state index is 11.9. The lowest BCUT2D eigenvalue weighted by Gasteiger charge is -2.17. The van der Waals surface area contributed by atoms with Crippen LogP contribution in [0.2, 0.25) is 0 Å². The highest BCUT2D eigenvalue weighted by Gasteiger charge is 2.24. The lowest BCUT2D eigenvalue weighted by Crippen LogP contribution is -2.34. The SMILES string of the molecule is Cc1ccccc1C1CCN(CCNC(=O)Cc2cccs2)C1. The lowest BCUT2D eigenvalue weighted by molar-refractivity contribution is -0.120. The van der Waals surface area contributed by atoms with E-state index >= 15 is 0 Å². The van der Waals surface area contributed by atoms with Crippen molar-refractivity contribution in [1.29, 1.82) is 0 Å². The molecule has 0 saturated carbocycles. The van der Waals surface area contributed by atoms with Crippen LogP contribution in [0.25, 0.3) is 0 Å². The highest BCUT2D eigenvalue weighted by molar-refractivity contribution is 7.10. The number of nitrogens with zero attached hydrogens (tertiary/aromatic N) is 1. The van der Waals surface area contributed by atoms with Crippen molar-refractivity contribution >= 4 is 17.2 Å².